The Kier molecular flexibility index (Phi) is 8.19. The summed E-state index contributed by atoms with van der Waals surface area (Å²) >= 11 is 0. The highest BCUT2D eigenvalue weighted by atomic mass is 19.4. The van der Waals surface area contributed by atoms with E-state index in [-0.39, 0.29) is 28.0 Å². The minimum absolute atomic E-state index is 0.125. The third-order valence-electron chi connectivity index (χ3n) is 5.07. The highest BCUT2D eigenvalue weighted by molar-refractivity contribution is 5.95. The van der Waals surface area contributed by atoms with Gasteiger partial charge in [0, 0.05) is 22.7 Å². The number of hydrogen-bond acceptors (Lipinski definition) is 4. The number of carbonyl (C=O) groups is 2. The average Bonchev–Trinajstić information content (AvgIpc) is 2.86. The van der Waals surface area contributed by atoms with Gasteiger partial charge in [-0.25, -0.2) is 22.4 Å². The molecule has 0 saturated carbocycles. The van der Waals surface area contributed by atoms with Crippen molar-refractivity contribution < 1.29 is 50.5 Å². The number of carboxylic acids is 1. The Hall–Kier alpha value is -4.68. The first-order valence-electron chi connectivity index (χ1n) is 10.4. The van der Waals surface area contributed by atoms with Crippen LogP contribution in [0.2, 0.25) is 0 Å². The fourth-order valence-electron chi connectivity index (χ4n) is 3.26. The van der Waals surface area contributed by atoms with Crippen LogP contribution < -0.4 is 5.32 Å². The Labute approximate surface area is 209 Å². The highest BCUT2D eigenvalue weighted by Gasteiger charge is 2.38. The lowest BCUT2D eigenvalue weighted by molar-refractivity contribution is -0.192. The Balaban J connectivity index is 0.000000505. The molecule has 13 heteroatoms. The molecule has 0 saturated heterocycles. The van der Waals surface area contributed by atoms with E-state index in [0.717, 1.165) is 30.3 Å². The zero-order valence-corrected chi connectivity index (χ0v) is 18.7. The molecular weight excluding hydrogens is 525 g/mol. The van der Waals surface area contributed by atoms with Gasteiger partial charge in [0.2, 0.25) is 0 Å². The number of nitrogens with zero attached hydrogens (tertiary/aromatic N) is 1. The van der Waals surface area contributed by atoms with Crippen molar-refractivity contribution in [1.29, 1.82) is 0 Å². The van der Waals surface area contributed by atoms with E-state index in [4.69, 9.17) is 9.90 Å². The summed E-state index contributed by atoms with van der Waals surface area (Å²) in [7, 11) is 0. The van der Waals surface area contributed by atoms with E-state index >= 15 is 0 Å². The van der Waals surface area contributed by atoms with E-state index in [1.54, 1.807) is 18.2 Å². The second-order valence-corrected chi connectivity index (χ2v) is 7.59. The number of aromatic nitrogens is 1. The topological polar surface area (TPSA) is 99.5 Å². The number of pyridine rings is 1. The number of aliphatic carboxylic acids is 1. The van der Waals surface area contributed by atoms with Gasteiger partial charge < -0.3 is 15.5 Å². The van der Waals surface area contributed by atoms with Gasteiger partial charge in [0.1, 0.15) is 11.3 Å². The van der Waals surface area contributed by atoms with E-state index in [1.807, 2.05) is 0 Å². The first-order valence-corrected chi connectivity index (χ1v) is 10.4. The molecular formula is C25H15F7N2O4. The van der Waals surface area contributed by atoms with Gasteiger partial charge in [-0.05, 0) is 42.0 Å². The molecule has 0 spiro atoms. The second kappa shape index (κ2) is 11.2. The molecule has 0 radical (unpaired) electrons. The molecule has 3 N–H and O–H groups in total. The number of benzene rings is 3. The van der Waals surface area contributed by atoms with Crippen molar-refractivity contribution in [2.24, 2.45) is 0 Å². The lowest BCUT2D eigenvalue weighted by Gasteiger charge is -2.22. The SMILES string of the molecule is O=C(NC(c1ccc(F)c(F)c1)c1ccc2cccnc2c1O)c1ccc(F)c(F)c1.O=C(O)C(F)(F)F. The standard InChI is InChI=1S/C23H14F4N2O2.C2HF3O2/c24-16-7-4-13(10-18(16)26)20(29-23(31)14-5-8-17(25)19(27)11-14)15-6-3-12-2-1-9-28-21(12)22(15)30;3-2(4,5)1(6)7/h1-11,20,30H,(H,29,31);(H,6,7). The van der Waals surface area contributed by atoms with E-state index in [9.17, 15) is 40.6 Å². The van der Waals surface area contributed by atoms with E-state index in [2.05, 4.69) is 10.3 Å². The van der Waals surface area contributed by atoms with Crippen molar-refractivity contribution in [2.75, 3.05) is 0 Å². The normalized spacial score (nSPS) is 11.9. The number of alkyl halides is 3. The molecule has 1 aromatic heterocycles. The largest absolute Gasteiger partial charge is 0.505 e. The molecule has 4 aromatic rings. The molecule has 1 atom stereocenters. The van der Waals surface area contributed by atoms with Gasteiger partial charge in [-0.1, -0.05) is 24.3 Å². The van der Waals surface area contributed by atoms with Gasteiger partial charge in [0.25, 0.3) is 5.91 Å². The Morgan fingerprint density at radius 3 is 2.03 bits per heavy atom. The number of carboxylic acid groups (broad SMARTS) is 1. The van der Waals surface area contributed by atoms with E-state index in [0.29, 0.717) is 5.39 Å². The molecule has 1 unspecified atom stereocenters. The minimum atomic E-state index is -5.08. The number of nitrogens with one attached hydrogen (secondary N) is 1. The van der Waals surface area contributed by atoms with E-state index in [1.165, 1.54) is 18.3 Å². The molecule has 6 nitrogen and oxygen atoms in total. The predicted octanol–water partition coefficient (Wildman–Crippen LogP) is 5.65. The molecule has 0 aliphatic heterocycles. The van der Waals surface area contributed by atoms with Crippen molar-refractivity contribution >= 4 is 22.8 Å². The van der Waals surface area contributed by atoms with Gasteiger partial charge in [0.15, 0.2) is 23.3 Å². The molecule has 1 amide bonds. The van der Waals surface area contributed by atoms with Gasteiger partial charge in [-0.2, -0.15) is 13.2 Å². The number of halogens is 7. The number of amides is 1. The molecule has 1 heterocycles. The fourth-order valence-corrected chi connectivity index (χ4v) is 3.26. The maximum absolute atomic E-state index is 13.9. The summed E-state index contributed by atoms with van der Waals surface area (Å²) in [6.07, 6.45) is -3.61. The summed E-state index contributed by atoms with van der Waals surface area (Å²) in [5, 5.41) is 21.1. The second-order valence-electron chi connectivity index (χ2n) is 7.59. The molecule has 4 rings (SSSR count). The molecule has 0 fully saturated rings. The molecule has 198 valence electrons. The van der Waals surface area contributed by atoms with Crippen LogP contribution in [0.15, 0.2) is 66.9 Å². The van der Waals surface area contributed by atoms with Gasteiger partial charge in [-0.3, -0.25) is 9.78 Å². The van der Waals surface area contributed by atoms with Crippen LogP contribution in [0.4, 0.5) is 30.7 Å². The number of fused-ring (bicyclic) bond motifs is 1. The highest BCUT2D eigenvalue weighted by Crippen LogP contribution is 2.35. The Morgan fingerprint density at radius 2 is 1.45 bits per heavy atom. The molecule has 38 heavy (non-hydrogen) atoms. The zero-order chi connectivity index (χ0) is 28.2. The Morgan fingerprint density at radius 1 is 0.842 bits per heavy atom. The van der Waals surface area contributed by atoms with Crippen molar-refractivity contribution in [1.82, 2.24) is 10.3 Å². The van der Waals surface area contributed by atoms with E-state index < -0.39 is 47.4 Å². The number of aromatic hydroxyl groups is 1. The van der Waals surface area contributed by atoms with Crippen LogP contribution >= 0.6 is 0 Å². The quantitative estimate of drug-likeness (QED) is 0.291. The zero-order valence-electron chi connectivity index (χ0n) is 18.7. The number of carbonyl (C=O) groups excluding carboxylic acids is 1. The van der Waals surface area contributed by atoms with Crippen LogP contribution in [0.3, 0.4) is 0 Å². The molecule has 3 aromatic carbocycles. The Bertz CT molecular complexity index is 1510. The molecule has 0 aliphatic rings. The summed E-state index contributed by atoms with van der Waals surface area (Å²) in [5.41, 5.74) is 0.341. The smallest absolute Gasteiger partial charge is 0.490 e. The molecule has 0 aliphatic carbocycles. The average molecular weight is 540 g/mol. The van der Waals surface area contributed by atoms with Crippen LogP contribution in [-0.4, -0.2) is 33.2 Å². The van der Waals surface area contributed by atoms with Crippen molar-refractivity contribution in [2.45, 2.75) is 12.2 Å². The minimum Gasteiger partial charge on any atom is -0.505 e. The van der Waals surface area contributed by atoms with Crippen LogP contribution in [0.1, 0.15) is 27.5 Å². The molecule has 0 bridgehead atoms. The maximum atomic E-state index is 13.9. The fraction of sp³-hybridized carbons (Fsp3) is 0.0800. The predicted molar refractivity (Wildman–Crippen MR) is 119 cm³/mol. The monoisotopic (exact) mass is 540 g/mol. The van der Waals surface area contributed by atoms with Crippen LogP contribution in [-0.2, 0) is 4.79 Å². The van der Waals surface area contributed by atoms with Crippen molar-refractivity contribution in [3.05, 3.63) is 107 Å². The number of hydrogen-bond donors (Lipinski definition) is 3. The van der Waals surface area contributed by atoms with Crippen LogP contribution in [0.25, 0.3) is 10.9 Å². The third kappa shape index (κ3) is 6.35. The summed E-state index contributed by atoms with van der Waals surface area (Å²) < 4.78 is 85.9. The van der Waals surface area contributed by atoms with Crippen LogP contribution in [0, 0.1) is 23.3 Å². The van der Waals surface area contributed by atoms with Gasteiger partial charge in [0.05, 0.1) is 6.04 Å². The summed E-state index contributed by atoms with van der Waals surface area (Å²) in [6, 6.07) is 11.0. The number of phenols is 1. The van der Waals surface area contributed by atoms with Crippen molar-refractivity contribution in [3.8, 4) is 5.75 Å². The first-order chi connectivity index (χ1) is 17.8. The first kappa shape index (κ1) is 27.9. The summed E-state index contributed by atoms with van der Waals surface area (Å²) in [4.78, 5) is 25.7. The van der Waals surface area contributed by atoms with Crippen molar-refractivity contribution in [3.63, 3.8) is 0 Å². The van der Waals surface area contributed by atoms with Crippen LogP contribution in [0.5, 0.6) is 5.75 Å². The number of phenolic OH excluding ortho intramolecular Hbond substituents is 1. The third-order valence-corrected chi connectivity index (χ3v) is 5.07. The van der Waals surface area contributed by atoms with Gasteiger partial charge >= 0.3 is 12.1 Å². The van der Waals surface area contributed by atoms with Gasteiger partial charge in [-0.15, -0.1) is 0 Å². The summed E-state index contributed by atoms with van der Waals surface area (Å²) in [5.74, 6) is -8.40. The maximum Gasteiger partial charge on any atom is 0.490 e. The lowest BCUT2D eigenvalue weighted by atomic mass is 9.95. The number of rotatable bonds is 4. The lowest BCUT2D eigenvalue weighted by Crippen LogP contribution is -2.29. The summed E-state index contributed by atoms with van der Waals surface area (Å²) in [6.45, 7) is 0.